The predicted octanol–water partition coefficient (Wildman–Crippen LogP) is 7.15. The van der Waals surface area contributed by atoms with E-state index in [2.05, 4.69) is 55.3 Å². The zero-order chi connectivity index (χ0) is 23.9. The summed E-state index contributed by atoms with van der Waals surface area (Å²) in [5.41, 5.74) is 3.63. The summed E-state index contributed by atoms with van der Waals surface area (Å²) >= 11 is 0. The second-order valence-corrected chi connectivity index (χ2v) is 10.1. The molecule has 0 spiro atoms. The Labute approximate surface area is 199 Å². The Morgan fingerprint density at radius 1 is 0.912 bits per heavy atom. The highest BCUT2D eigenvalue weighted by molar-refractivity contribution is 5.96. The molecule has 0 saturated heterocycles. The van der Waals surface area contributed by atoms with Gasteiger partial charge in [-0.05, 0) is 46.7 Å². The van der Waals surface area contributed by atoms with Gasteiger partial charge in [0.05, 0.1) is 11.2 Å². The number of amides is 1. The Balaban J connectivity index is 1.29. The first-order valence-electron chi connectivity index (χ1n) is 11.6. The summed E-state index contributed by atoms with van der Waals surface area (Å²) < 4.78 is 6.09. The lowest BCUT2D eigenvalue weighted by Crippen LogP contribution is -2.17. The Bertz CT molecular complexity index is 1370. The van der Waals surface area contributed by atoms with Crippen molar-refractivity contribution in [3.63, 3.8) is 0 Å². The van der Waals surface area contributed by atoms with Crippen LogP contribution in [0.15, 0.2) is 72.8 Å². The highest BCUT2D eigenvalue weighted by Crippen LogP contribution is 2.68. The molecule has 0 aliphatic heterocycles. The summed E-state index contributed by atoms with van der Waals surface area (Å²) in [6.07, 6.45) is 4.05. The van der Waals surface area contributed by atoms with Crippen molar-refractivity contribution < 1.29 is 9.53 Å². The number of hydrogen-bond donors (Lipinski definition) is 2. The zero-order valence-electron chi connectivity index (χ0n) is 19.9. The Morgan fingerprint density at radius 3 is 2.38 bits per heavy atom. The molecule has 1 amide bonds. The van der Waals surface area contributed by atoms with Crippen LogP contribution in [0.2, 0.25) is 0 Å². The van der Waals surface area contributed by atoms with Crippen LogP contribution in [-0.2, 0) is 4.79 Å². The number of carbonyl (C=O) groups is 1. The molecule has 1 aliphatic carbocycles. The highest BCUT2D eigenvalue weighted by atomic mass is 16.5. The van der Waals surface area contributed by atoms with Gasteiger partial charge in [-0.25, -0.2) is 0 Å². The zero-order valence-corrected chi connectivity index (χ0v) is 19.9. The van der Waals surface area contributed by atoms with Crippen LogP contribution >= 0.6 is 0 Å². The number of nitrogens with one attached hydrogen (secondary N) is 2. The maximum absolute atomic E-state index is 12.8. The number of fused-ring (bicyclic) bond motifs is 1. The number of aromatic nitrogens is 2. The molecule has 5 heteroatoms. The van der Waals surface area contributed by atoms with Crippen molar-refractivity contribution in [1.29, 1.82) is 0 Å². The Kier molecular flexibility index (Phi) is 5.28. The van der Waals surface area contributed by atoms with Crippen LogP contribution in [0.4, 0.5) is 5.69 Å². The van der Waals surface area contributed by atoms with Gasteiger partial charge < -0.3 is 10.1 Å². The summed E-state index contributed by atoms with van der Waals surface area (Å²) in [6, 6.07) is 23.5. The van der Waals surface area contributed by atoms with Gasteiger partial charge in [0.25, 0.3) is 0 Å². The Morgan fingerprint density at radius 2 is 1.65 bits per heavy atom. The van der Waals surface area contributed by atoms with Gasteiger partial charge in [-0.15, -0.1) is 0 Å². The molecule has 172 valence electrons. The molecule has 5 rings (SSSR count). The number of anilines is 1. The van der Waals surface area contributed by atoms with E-state index >= 15 is 0 Å². The van der Waals surface area contributed by atoms with Gasteiger partial charge in [0.2, 0.25) is 5.91 Å². The van der Waals surface area contributed by atoms with E-state index < -0.39 is 0 Å². The minimum atomic E-state index is -0.00232. The van der Waals surface area contributed by atoms with Gasteiger partial charge >= 0.3 is 0 Å². The fourth-order valence-corrected chi connectivity index (χ4v) is 4.79. The summed E-state index contributed by atoms with van der Waals surface area (Å²) in [6.45, 7) is 8.58. The summed E-state index contributed by atoms with van der Waals surface area (Å²) in [5.74, 6) is 1.41. The summed E-state index contributed by atoms with van der Waals surface area (Å²) in [7, 11) is 0. The number of benzene rings is 3. The molecule has 0 unspecified atom stereocenters. The van der Waals surface area contributed by atoms with Gasteiger partial charge in [-0.3, -0.25) is 9.89 Å². The highest BCUT2D eigenvalue weighted by Gasteiger charge is 2.68. The van der Waals surface area contributed by atoms with Crippen molar-refractivity contribution in [2.24, 2.45) is 16.7 Å². The molecule has 0 radical (unpaired) electrons. The average molecular weight is 452 g/mol. The molecule has 1 aromatic heterocycles. The van der Waals surface area contributed by atoms with Crippen molar-refractivity contribution in [1.82, 2.24) is 10.2 Å². The topological polar surface area (TPSA) is 67.0 Å². The lowest BCUT2D eigenvalue weighted by atomic mass is 10.0. The van der Waals surface area contributed by atoms with Gasteiger partial charge in [-0.2, -0.15) is 5.10 Å². The lowest BCUT2D eigenvalue weighted by molar-refractivity contribution is -0.118. The van der Waals surface area contributed by atoms with Gasteiger partial charge in [0.15, 0.2) is 0 Å². The molecule has 1 saturated carbocycles. The molecular weight excluding hydrogens is 422 g/mol. The van der Waals surface area contributed by atoms with Crippen molar-refractivity contribution in [2.45, 2.75) is 27.7 Å². The van der Waals surface area contributed by atoms with Gasteiger partial charge in [0, 0.05) is 29.1 Å². The second-order valence-electron chi connectivity index (χ2n) is 10.1. The van der Waals surface area contributed by atoms with Crippen molar-refractivity contribution in [2.75, 3.05) is 5.32 Å². The van der Waals surface area contributed by atoms with Crippen LogP contribution in [0.25, 0.3) is 23.1 Å². The van der Waals surface area contributed by atoms with E-state index in [9.17, 15) is 4.79 Å². The number of carbonyl (C=O) groups excluding carboxylic acids is 1. The SMILES string of the molecule is CC1(C)C(C(=O)Nc2cccc(Oc3ccc4c(/C=C/c5ccccc5)n[nH]c4c3)c2)C1(C)C. The number of ether oxygens (including phenoxy) is 1. The third-order valence-corrected chi connectivity index (χ3v) is 7.42. The first kappa shape index (κ1) is 22.0. The van der Waals surface area contributed by atoms with E-state index in [1.807, 2.05) is 72.8 Å². The fraction of sp³-hybridized carbons (Fsp3) is 0.241. The lowest BCUT2D eigenvalue weighted by Gasteiger charge is -2.10. The van der Waals surface area contributed by atoms with Gasteiger partial charge in [0.1, 0.15) is 11.5 Å². The van der Waals surface area contributed by atoms with Crippen LogP contribution < -0.4 is 10.1 Å². The van der Waals surface area contributed by atoms with E-state index in [0.717, 1.165) is 27.8 Å². The standard InChI is InChI=1S/C29H29N3O2/c1-28(2)26(29(28,3)4)27(33)30-20-11-8-12-21(17-20)34-22-14-15-23-24(31-32-25(23)18-22)16-13-19-9-6-5-7-10-19/h5-18,26H,1-4H3,(H,30,33)(H,31,32)/b16-13+. The molecule has 3 aromatic carbocycles. The number of rotatable bonds is 6. The van der Waals surface area contributed by atoms with E-state index in [1.54, 1.807) is 0 Å². The third-order valence-electron chi connectivity index (χ3n) is 7.42. The molecule has 1 fully saturated rings. The van der Waals surface area contributed by atoms with E-state index in [-0.39, 0.29) is 22.7 Å². The van der Waals surface area contributed by atoms with Gasteiger partial charge in [-0.1, -0.05) is 70.2 Å². The minimum absolute atomic E-state index is 0.000180. The molecule has 5 nitrogen and oxygen atoms in total. The molecule has 34 heavy (non-hydrogen) atoms. The molecule has 4 aromatic rings. The van der Waals surface area contributed by atoms with Crippen LogP contribution in [0.5, 0.6) is 11.5 Å². The molecule has 1 heterocycles. The van der Waals surface area contributed by atoms with E-state index in [0.29, 0.717) is 11.5 Å². The number of nitrogens with zero attached hydrogens (tertiary/aromatic N) is 1. The first-order chi connectivity index (χ1) is 16.3. The molecular formula is C29H29N3O2. The van der Waals surface area contributed by atoms with E-state index in [1.165, 1.54) is 0 Å². The predicted molar refractivity (Wildman–Crippen MR) is 138 cm³/mol. The molecule has 2 N–H and O–H groups in total. The minimum Gasteiger partial charge on any atom is -0.457 e. The molecule has 0 atom stereocenters. The van der Waals surface area contributed by atoms with Crippen LogP contribution in [-0.4, -0.2) is 16.1 Å². The van der Waals surface area contributed by atoms with Crippen LogP contribution in [0.3, 0.4) is 0 Å². The Hall–Kier alpha value is -3.86. The maximum atomic E-state index is 12.8. The number of H-pyrrole nitrogens is 1. The summed E-state index contributed by atoms with van der Waals surface area (Å²) in [4.78, 5) is 12.8. The molecule has 1 aliphatic rings. The number of aromatic amines is 1. The summed E-state index contributed by atoms with van der Waals surface area (Å²) in [5, 5.41) is 11.6. The smallest absolute Gasteiger partial charge is 0.228 e. The third kappa shape index (κ3) is 3.98. The number of hydrogen-bond acceptors (Lipinski definition) is 3. The monoisotopic (exact) mass is 451 g/mol. The quantitative estimate of drug-likeness (QED) is 0.327. The van der Waals surface area contributed by atoms with Crippen molar-refractivity contribution >= 4 is 34.6 Å². The molecule has 0 bridgehead atoms. The first-order valence-corrected chi connectivity index (χ1v) is 11.6. The van der Waals surface area contributed by atoms with Crippen molar-refractivity contribution in [3.05, 3.63) is 84.1 Å². The fourth-order valence-electron chi connectivity index (χ4n) is 4.79. The maximum Gasteiger partial charge on any atom is 0.228 e. The van der Waals surface area contributed by atoms with Crippen LogP contribution in [0.1, 0.15) is 39.0 Å². The van der Waals surface area contributed by atoms with Crippen molar-refractivity contribution in [3.8, 4) is 11.5 Å². The largest absolute Gasteiger partial charge is 0.457 e. The second kappa shape index (κ2) is 8.17. The van der Waals surface area contributed by atoms with Crippen LogP contribution in [0, 0.1) is 16.7 Å². The van der Waals surface area contributed by atoms with E-state index in [4.69, 9.17) is 4.74 Å². The average Bonchev–Trinajstić information content (AvgIpc) is 3.06. The normalized spacial score (nSPS) is 16.6.